The van der Waals surface area contributed by atoms with E-state index in [0.717, 1.165) is 12.3 Å². The molecule has 0 amide bonds. The second kappa shape index (κ2) is 6.20. The molecule has 1 nitrogen and oxygen atoms in total. The van der Waals surface area contributed by atoms with E-state index >= 15 is 0 Å². The van der Waals surface area contributed by atoms with Crippen LogP contribution in [0.2, 0.25) is 0 Å². The minimum Gasteiger partial charge on any atom is -0.260 e. The van der Waals surface area contributed by atoms with Crippen LogP contribution in [-0.2, 0) is 6.42 Å². The van der Waals surface area contributed by atoms with Crippen LogP contribution in [0, 0.1) is 19.8 Å². The quantitative estimate of drug-likeness (QED) is 0.676. The fourth-order valence-corrected chi connectivity index (χ4v) is 4.81. The highest BCUT2D eigenvalue weighted by Gasteiger charge is 2.38. The van der Waals surface area contributed by atoms with Gasteiger partial charge >= 0.3 is 0 Å². The highest BCUT2D eigenvalue weighted by atomic mass is 14.7. The summed E-state index contributed by atoms with van der Waals surface area (Å²) in [4.78, 5) is 4.84. The summed E-state index contributed by atoms with van der Waals surface area (Å²) in [6, 6.07) is 11.3. The summed E-state index contributed by atoms with van der Waals surface area (Å²) >= 11 is 0. The molecule has 0 spiro atoms. The monoisotopic (exact) mass is 317 g/mol. The van der Waals surface area contributed by atoms with E-state index < -0.39 is 0 Å². The SMILES string of the molecule is CCC1CCCC2C1=C(Cc1ccc(C)cc1)c1c(C)ccnc12. The summed E-state index contributed by atoms with van der Waals surface area (Å²) in [6.07, 6.45) is 8.31. The van der Waals surface area contributed by atoms with Crippen LogP contribution < -0.4 is 0 Å². The number of nitrogens with zero attached hydrogens (tertiary/aromatic N) is 1. The van der Waals surface area contributed by atoms with Crippen LogP contribution in [0.3, 0.4) is 0 Å². The van der Waals surface area contributed by atoms with Crippen LogP contribution in [0.25, 0.3) is 5.57 Å². The number of hydrogen-bond donors (Lipinski definition) is 0. The third-order valence-corrected chi connectivity index (χ3v) is 6.02. The summed E-state index contributed by atoms with van der Waals surface area (Å²) in [5.74, 6) is 1.33. The first-order valence-corrected chi connectivity index (χ1v) is 9.43. The molecule has 0 aliphatic heterocycles. The number of allylic oxidation sites excluding steroid dienone is 2. The van der Waals surface area contributed by atoms with Gasteiger partial charge in [-0.2, -0.15) is 0 Å². The van der Waals surface area contributed by atoms with E-state index in [9.17, 15) is 0 Å². The minimum atomic E-state index is 0.582. The summed E-state index contributed by atoms with van der Waals surface area (Å²) < 4.78 is 0. The van der Waals surface area contributed by atoms with Crippen molar-refractivity contribution in [1.82, 2.24) is 4.98 Å². The van der Waals surface area contributed by atoms with Crippen molar-refractivity contribution < 1.29 is 0 Å². The molecular formula is C23H27N. The van der Waals surface area contributed by atoms with Gasteiger partial charge in [-0.1, -0.05) is 48.7 Å². The molecule has 2 unspecified atom stereocenters. The molecule has 24 heavy (non-hydrogen) atoms. The molecule has 2 atom stereocenters. The molecule has 0 bridgehead atoms. The molecule has 2 aliphatic rings. The molecular weight excluding hydrogens is 290 g/mol. The maximum atomic E-state index is 4.84. The Morgan fingerprint density at radius 3 is 2.58 bits per heavy atom. The fraction of sp³-hybridized carbons (Fsp3) is 0.435. The lowest BCUT2D eigenvalue weighted by atomic mass is 9.75. The highest BCUT2D eigenvalue weighted by molar-refractivity contribution is 5.81. The van der Waals surface area contributed by atoms with Gasteiger partial charge in [-0.05, 0) is 68.2 Å². The average molecular weight is 317 g/mol. The molecule has 1 heterocycles. The van der Waals surface area contributed by atoms with Crippen molar-refractivity contribution >= 4 is 5.57 Å². The molecule has 4 rings (SSSR count). The molecule has 2 aromatic rings. The van der Waals surface area contributed by atoms with Crippen molar-refractivity contribution in [3.63, 3.8) is 0 Å². The Labute approximate surface area is 145 Å². The van der Waals surface area contributed by atoms with Crippen LogP contribution in [0.5, 0.6) is 0 Å². The van der Waals surface area contributed by atoms with Crippen molar-refractivity contribution in [3.8, 4) is 0 Å². The predicted octanol–water partition coefficient (Wildman–Crippen LogP) is 6.00. The summed E-state index contributed by atoms with van der Waals surface area (Å²) in [5, 5.41) is 0. The third-order valence-electron chi connectivity index (χ3n) is 6.02. The zero-order chi connectivity index (χ0) is 16.7. The molecule has 1 saturated carbocycles. The molecule has 1 fully saturated rings. The lowest BCUT2D eigenvalue weighted by molar-refractivity contribution is 0.414. The second-order valence-electron chi connectivity index (χ2n) is 7.57. The Hall–Kier alpha value is -1.89. The Kier molecular flexibility index (Phi) is 4.04. The second-order valence-corrected chi connectivity index (χ2v) is 7.57. The van der Waals surface area contributed by atoms with E-state index in [1.165, 1.54) is 53.6 Å². The number of fused-ring (bicyclic) bond motifs is 3. The standard InChI is InChI=1S/C23H27N/c1-4-18-6-5-7-19-22(18)20(14-17-10-8-15(2)9-11-17)21-16(3)12-13-24-23(19)21/h8-13,18-19H,4-7,14H2,1-3H3. The van der Waals surface area contributed by atoms with Crippen molar-refractivity contribution in [2.75, 3.05) is 0 Å². The third kappa shape index (κ3) is 2.51. The first-order valence-electron chi connectivity index (χ1n) is 9.43. The molecule has 0 N–H and O–H groups in total. The van der Waals surface area contributed by atoms with Crippen LogP contribution >= 0.6 is 0 Å². The summed E-state index contributed by atoms with van der Waals surface area (Å²) in [7, 11) is 0. The summed E-state index contributed by atoms with van der Waals surface area (Å²) in [5.41, 5.74) is 10.3. The minimum absolute atomic E-state index is 0.582. The van der Waals surface area contributed by atoms with Gasteiger partial charge in [0.1, 0.15) is 0 Å². The van der Waals surface area contributed by atoms with E-state index in [1.807, 2.05) is 6.20 Å². The topological polar surface area (TPSA) is 12.9 Å². The van der Waals surface area contributed by atoms with E-state index in [2.05, 4.69) is 51.1 Å². The maximum Gasteiger partial charge on any atom is 0.0553 e. The Bertz CT molecular complexity index is 782. The number of benzene rings is 1. The van der Waals surface area contributed by atoms with Gasteiger partial charge in [-0.25, -0.2) is 0 Å². The normalized spacial score (nSPS) is 22.5. The molecule has 1 aromatic carbocycles. The van der Waals surface area contributed by atoms with Gasteiger partial charge in [0.05, 0.1) is 5.69 Å². The van der Waals surface area contributed by atoms with E-state index in [4.69, 9.17) is 4.98 Å². The van der Waals surface area contributed by atoms with Crippen molar-refractivity contribution in [2.45, 2.75) is 58.8 Å². The van der Waals surface area contributed by atoms with E-state index in [-0.39, 0.29) is 0 Å². The largest absolute Gasteiger partial charge is 0.260 e. The smallest absolute Gasteiger partial charge is 0.0553 e. The molecule has 2 aliphatic carbocycles. The molecule has 0 saturated heterocycles. The molecule has 0 radical (unpaired) electrons. The van der Waals surface area contributed by atoms with Gasteiger partial charge in [0, 0.05) is 17.7 Å². The van der Waals surface area contributed by atoms with Crippen molar-refractivity contribution in [3.05, 3.63) is 70.0 Å². The zero-order valence-electron chi connectivity index (χ0n) is 15.1. The zero-order valence-corrected chi connectivity index (χ0v) is 15.1. The lowest BCUT2D eigenvalue weighted by Crippen LogP contribution is -2.16. The van der Waals surface area contributed by atoms with Crippen molar-refractivity contribution in [2.24, 2.45) is 5.92 Å². The van der Waals surface area contributed by atoms with Gasteiger partial charge in [0.15, 0.2) is 0 Å². The number of hydrogen-bond acceptors (Lipinski definition) is 1. The van der Waals surface area contributed by atoms with Crippen molar-refractivity contribution in [1.29, 1.82) is 0 Å². The highest BCUT2D eigenvalue weighted by Crippen LogP contribution is 2.53. The number of rotatable bonds is 3. The Morgan fingerprint density at radius 1 is 1.04 bits per heavy atom. The average Bonchev–Trinajstić information content (AvgIpc) is 2.92. The molecule has 1 aromatic heterocycles. The number of pyridine rings is 1. The summed E-state index contributed by atoms with van der Waals surface area (Å²) in [6.45, 7) is 6.77. The Morgan fingerprint density at radius 2 is 1.83 bits per heavy atom. The maximum absolute atomic E-state index is 4.84. The first-order chi connectivity index (χ1) is 11.7. The fourth-order valence-electron chi connectivity index (χ4n) is 4.81. The Balaban J connectivity index is 1.84. The van der Waals surface area contributed by atoms with Gasteiger partial charge < -0.3 is 0 Å². The number of aryl methyl sites for hydroxylation is 2. The van der Waals surface area contributed by atoms with E-state index in [0.29, 0.717) is 5.92 Å². The predicted molar refractivity (Wildman–Crippen MR) is 101 cm³/mol. The van der Waals surface area contributed by atoms with Gasteiger partial charge in [0.2, 0.25) is 0 Å². The van der Waals surface area contributed by atoms with Crippen LogP contribution in [0.4, 0.5) is 0 Å². The molecule has 1 heteroatoms. The van der Waals surface area contributed by atoms with E-state index in [1.54, 1.807) is 11.1 Å². The van der Waals surface area contributed by atoms with Crippen LogP contribution in [0.15, 0.2) is 42.1 Å². The molecule has 124 valence electrons. The van der Waals surface area contributed by atoms with Crippen LogP contribution in [-0.4, -0.2) is 4.98 Å². The number of aromatic nitrogens is 1. The first kappa shape index (κ1) is 15.6. The van der Waals surface area contributed by atoms with Gasteiger partial charge in [-0.3, -0.25) is 4.98 Å². The van der Waals surface area contributed by atoms with Gasteiger partial charge in [0.25, 0.3) is 0 Å². The van der Waals surface area contributed by atoms with Gasteiger partial charge in [-0.15, -0.1) is 0 Å². The van der Waals surface area contributed by atoms with Crippen LogP contribution in [0.1, 0.15) is 66.5 Å². The lowest BCUT2D eigenvalue weighted by Gasteiger charge is -2.30.